The van der Waals surface area contributed by atoms with Crippen molar-refractivity contribution in [2.75, 3.05) is 11.5 Å². The molecule has 6 heteroatoms. The summed E-state index contributed by atoms with van der Waals surface area (Å²) in [5, 5.41) is 2.96. The molecular weight excluding hydrogens is 368 g/mol. The summed E-state index contributed by atoms with van der Waals surface area (Å²) in [5.41, 5.74) is 12.2. The van der Waals surface area contributed by atoms with Crippen molar-refractivity contribution in [2.45, 2.75) is 0 Å². The van der Waals surface area contributed by atoms with Crippen molar-refractivity contribution in [3.05, 3.63) is 59.1 Å². The van der Waals surface area contributed by atoms with Crippen LogP contribution in [-0.4, -0.2) is 9.97 Å². The van der Waals surface area contributed by atoms with E-state index in [1.165, 1.54) is 0 Å². The number of nitrogen functional groups attached to an aromatic ring is 2. The van der Waals surface area contributed by atoms with Gasteiger partial charge in [-0.05, 0) is 53.2 Å². The van der Waals surface area contributed by atoms with E-state index in [1.54, 1.807) is 0 Å². The minimum Gasteiger partial charge on any atom is -0.457 e. The number of anilines is 2. The normalized spacial score (nSPS) is 11.0. The quantitative estimate of drug-likeness (QED) is 0.534. The minimum atomic E-state index is 0.161. The van der Waals surface area contributed by atoms with Gasteiger partial charge < -0.3 is 16.2 Å². The fourth-order valence-corrected chi connectivity index (χ4v) is 2.99. The molecule has 0 aliphatic carbocycles. The number of nitrogens with zero attached hydrogens (tertiary/aromatic N) is 2. The molecule has 5 nitrogen and oxygen atoms in total. The highest BCUT2D eigenvalue weighted by atomic mass is 79.9. The van der Waals surface area contributed by atoms with Gasteiger partial charge >= 0.3 is 0 Å². The lowest BCUT2D eigenvalue weighted by Gasteiger charge is -2.09. The fraction of sp³-hybridized carbons (Fsp3) is 0. The van der Waals surface area contributed by atoms with E-state index in [0.717, 1.165) is 21.0 Å². The summed E-state index contributed by atoms with van der Waals surface area (Å²) in [4.78, 5) is 8.14. The van der Waals surface area contributed by atoms with Crippen molar-refractivity contribution >= 4 is 49.4 Å². The lowest BCUT2D eigenvalue weighted by molar-refractivity contribution is 0.484. The number of nitrogens with two attached hydrogens (primary N) is 2. The summed E-state index contributed by atoms with van der Waals surface area (Å²) in [6.07, 6.45) is 0. The third-order valence-electron chi connectivity index (χ3n) is 3.72. The second-order valence-corrected chi connectivity index (χ2v) is 6.32. The van der Waals surface area contributed by atoms with Gasteiger partial charge in [0.25, 0.3) is 0 Å². The number of ether oxygens (including phenoxy) is 1. The average molecular weight is 381 g/mol. The molecule has 1 aromatic heterocycles. The number of aromatic nitrogens is 2. The highest BCUT2D eigenvalue weighted by Gasteiger charge is 2.06. The predicted molar refractivity (Wildman–Crippen MR) is 100 cm³/mol. The second kappa shape index (κ2) is 5.65. The van der Waals surface area contributed by atoms with Gasteiger partial charge in [-0.25, -0.2) is 4.98 Å². The van der Waals surface area contributed by atoms with Crippen LogP contribution < -0.4 is 16.2 Å². The van der Waals surface area contributed by atoms with Crippen LogP contribution >= 0.6 is 15.9 Å². The first-order chi connectivity index (χ1) is 11.6. The molecule has 118 valence electrons. The van der Waals surface area contributed by atoms with E-state index in [9.17, 15) is 0 Å². The van der Waals surface area contributed by atoms with E-state index >= 15 is 0 Å². The second-order valence-electron chi connectivity index (χ2n) is 5.40. The molecule has 4 rings (SSSR count). The van der Waals surface area contributed by atoms with Crippen molar-refractivity contribution in [2.24, 2.45) is 0 Å². The predicted octanol–water partition coefficient (Wildman–Crippen LogP) is 4.50. The maximum atomic E-state index is 5.96. The highest BCUT2D eigenvalue weighted by molar-refractivity contribution is 9.10. The van der Waals surface area contributed by atoms with Crippen molar-refractivity contribution < 1.29 is 4.74 Å². The van der Waals surface area contributed by atoms with Crippen LogP contribution in [0.25, 0.3) is 21.7 Å². The van der Waals surface area contributed by atoms with Gasteiger partial charge in [0, 0.05) is 9.86 Å². The van der Waals surface area contributed by atoms with Crippen molar-refractivity contribution in [3.63, 3.8) is 0 Å². The molecule has 0 bridgehead atoms. The number of rotatable bonds is 2. The summed E-state index contributed by atoms with van der Waals surface area (Å²) in [6, 6.07) is 17.5. The van der Waals surface area contributed by atoms with E-state index in [4.69, 9.17) is 16.2 Å². The van der Waals surface area contributed by atoms with Gasteiger partial charge in [-0.1, -0.05) is 28.1 Å². The third-order valence-corrected chi connectivity index (χ3v) is 4.22. The zero-order chi connectivity index (χ0) is 16.7. The maximum Gasteiger partial charge on any atom is 0.222 e. The van der Waals surface area contributed by atoms with Crippen LogP contribution in [0.2, 0.25) is 0 Å². The Morgan fingerprint density at radius 3 is 2.38 bits per heavy atom. The van der Waals surface area contributed by atoms with E-state index in [1.807, 2.05) is 48.5 Å². The molecule has 0 amide bonds. The maximum absolute atomic E-state index is 5.96. The molecule has 0 radical (unpaired) electrons. The molecule has 24 heavy (non-hydrogen) atoms. The largest absolute Gasteiger partial charge is 0.457 e. The Morgan fingerprint density at radius 2 is 1.50 bits per heavy atom. The number of fused-ring (bicyclic) bond motifs is 2. The average Bonchev–Trinajstić information content (AvgIpc) is 2.55. The molecule has 0 aliphatic rings. The molecule has 1 heterocycles. The Bertz CT molecular complexity index is 1080. The summed E-state index contributed by atoms with van der Waals surface area (Å²) in [6.45, 7) is 0. The highest BCUT2D eigenvalue weighted by Crippen LogP contribution is 2.30. The van der Waals surface area contributed by atoms with Gasteiger partial charge in [0.15, 0.2) is 0 Å². The Hall–Kier alpha value is -2.86. The van der Waals surface area contributed by atoms with Crippen LogP contribution in [-0.2, 0) is 0 Å². The molecule has 0 spiro atoms. The molecule has 0 unspecified atom stereocenters. The van der Waals surface area contributed by atoms with Crippen LogP contribution in [0.15, 0.2) is 59.1 Å². The van der Waals surface area contributed by atoms with Gasteiger partial charge in [-0.3, -0.25) is 0 Å². The van der Waals surface area contributed by atoms with Gasteiger partial charge in [0.1, 0.15) is 17.3 Å². The first-order valence-electron chi connectivity index (χ1n) is 7.28. The summed E-state index contributed by atoms with van der Waals surface area (Å²) < 4.78 is 7.00. The number of hydrogen-bond donors (Lipinski definition) is 2. The standard InChI is InChI=1S/C18H13BrN4O/c19-12-3-1-11-8-13(4-2-10(11)7-12)24-14-5-6-16-15(9-14)17(20)23-18(21)22-16/h1-9H,(H4,20,21,22,23). The molecule has 0 aliphatic heterocycles. The molecule has 4 N–H and O–H groups in total. The SMILES string of the molecule is Nc1nc(N)c2cc(Oc3ccc4cc(Br)ccc4c3)ccc2n1. The molecule has 4 aromatic rings. The number of hydrogen-bond acceptors (Lipinski definition) is 5. The van der Waals surface area contributed by atoms with Gasteiger partial charge in [0.05, 0.1) is 5.52 Å². The van der Waals surface area contributed by atoms with Crippen LogP contribution in [0.3, 0.4) is 0 Å². The molecule has 3 aromatic carbocycles. The zero-order valence-electron chi connectivity index (χ0n) is 12.5. The number of halogens is 1. The van der Waals surface area contributed by atoms with Gasteiger partial charge in [0.2, 0.25) is 5.95 Å². The fourth-order valence-electron chi connectivity index (χ4n) is 2.61. The van der Waals surface area contributed by atoms with E-state index in [-0.39, 0.29) is 5.95 Å². The molecule has 0 saturated heterocycles. The summed E-state index contributed by atoms with van der Waals surface area (Å²) in [5.74, 6) is 1.92. The Balaban J connectivity index is 1.72. The van der Waals surface area contributed by atoms with E-state index in [2.05, 4.69) is 32.0 Å². The molecule has 0 fully saturated rings. The van der Waals surface area contributed by atoms with Crippen molar-refractivity contribution in [1.82, 2.24) is 9.97 Å². The molecule has 0 saturated carbocycles. The van der Waals surface area contributed by atoms with E-state index < -0.39 is 0 Å². The molecular formula is C18H13BrN4O. The Kier molecular flexibility index (Phi) is 3.46. The first kappa shape index (κ1) is 14.7. The molecule has 0 atom stereocenters. The van der Waals surface area contributed by atoms with E-state index in [0.29, 0.717) is 22.5 Å². The monoisotopic (exact) mass is 380 g/mol. The Labute approximate surface area is 146 Å². The van der Waals surface area contributed by atoms with Gasteiger partial charge in [-0.2, -0.15) is 4.98 Å². The van der Waals surface area contributed by atoms with Crippen LogP contribution in [0.4, 0.5) is 11.8 Å². The summed E-state index contributed by atoms with van der Waals surface area (Å²) >= 11 is 3.48. The van der Waals surface area contributed by atoms with Crippen molar-refractivity contribution in [3.8, 4) is 11.5 Å². The lowest BCUT2D eigenvalue weighted by atomic mass is 10.1. The van der Waals surface area contributed by atoms with Crippen LogP contribution in [0.5, 0.6) is 11.5 Å². The summed E-state index contributed by atoms with van der Waals surface area (Å²) in [7, 11) is 0. The topological polar surface area (TPSA) is 87.0 Å². The van der Waals surface area contributed by atoms with Crippen LogP contribution in [0.1, 0.15) is 0 Å². The van der Waals surface area contributed by atoms with Crippen molar-refractivity contribution in [1.29, 1.82) is 0 Å². The number of benzene rings is 3. The van der Waals surface area contributed by atoms with Gasteiger partial charge in [-0.15, -0.1) is 0 Å². The lowest BCUT2D eigenvalue weighted by Crippen LogP contribution is -2.00. The minimum absolute atomic E-state index is 0.161. The zero-order valence-corrected chi connectivity index (χ0v) is 14.1. The Morgan fingerprint density at radius 1 is 0.792 bits per heavy atom. The third kappa shape index (κ3) is 2.72. The van der Waals surface area contributed by atoms with Crippen LogP contribution in [0, 0.1) is 0 Å². The first-order valence-corrected chi connectivity index (χ1v) is 8.08. The smallest absolute Gasteiger partial charge is 0.222 e.